The summed E-state index contributed by atoms with van der Waals surface area (Å²) in [5.41, 5.74) is 1.05. The van der Waals surface area contributed by atoms with E-state index in [0.29, 0.717) is 5.82 Å². The van der Waals surface area contributed by atoms with Crippen LogP contribution in [0.1, 0.15) is 46.1 Å². The third-order valence-corrected chi connectivity index (χ3v) is 4.81. The second-order valence-corrected chi connectivity index (χ2v) is 7.29. The van der Waals surface area contributed by atoms with E-state index in [1.54, 1.807) is 6.20 Å². The van der Waals surface area contributed by atoms with E-state index in [4.69, 9.17) is 9.31 Å². The van der Waals surface area contributed by atoms with Gasteiger partial charge in [-0.05, 0) is 53.0 Å². The lowest BCUT2D eigenvalue weighted by atomic mass is 9.80. The Bertz CT molecular complexity index is 595. The Balaban J connectivity index is 1.76. The van der Waals surface area contributed by atoms with Gasteiger partial charge in [-0.2, -0.15) is 0 Å². The number of hydrogen-bond donors (Lipinski definition) is 1. The van der Waals surface area contributed by atoms with Crippen molar-refractivity contribution in [2.24, 2.45) is 5.92 Å². The Morgan fingerprint density at radius 1 is 1.27 bits per heavy atom. The van der Waals surface area contributed by atoms with Crippen LogP contribution in [0.4, 0.5) is 5.82 Å². The van der Waals surface area contributed by atoms with E-state index in [9.17, 15) is 4.79 Å². The molecule has 0 spiro atoms. The first kappa shape index (κ1) is 15.5. The predicted molar refractivity (Wildman–Crippen MR) is 86.0 cm³/mol. The van der Waals surface area contributed by atoms with E-state index in [-0.39, 0.29) is 23.0 Å². The van der Waals surface area contributed by atoms with Gasteiger partial charge in [-0.15, -0.1) is 0 Å². The summed E-state index contributed by atoms with van der Waals surface area (Å²) in [5.74, 6) is 0.861. The van der Waals surface area contributed by atoms with Gasteiger partial charge in [-0.3, -0.25) is 4.79 Å². The standard InChI is InChI=1S/C16H23BN2O3/c1-10-8-12(17-21-15(2,3)16(4,5)22-17)9-18-13(10)19-14(20)11-6-7-11/h8-9,11H,6-7H2,1-5H3,(H,18,19,20). The molecule has 0 bridgehead atoms. The monoisotopic (exact) mass is 302 g/mol. The first-order chi connectivity index (χ1) is 10.2. The minimum atomic E-state index is -0.426. The van der Waals surface area contributed by atoms with Gasteiger partial charge < -0.3 is 14.6 Å². The second-order valence-electron chi connectivity index (χ2n) is 7.29. The lowest BCUT2D eigenvalue weighted by molar-refractivity contribution is -0.117. The molecule has 0 unspecified atom stereocenters. The van der Waals surface area contributed by atoms with Gasteiger partial charge >= 0.3 is 7.12 Å². The highest BCUT2D eigenvalue weighted by Crippen LogP contribution is 2.36. The van der Waals surface area contributed by atoms with Crippen molar-refractivity contribution in [1.29, 1.82) is 0 Å². The van der Waals surface area contributed by atoms with Crippen molar-refractivity contribution in [1.82, 2.24) is 4.98 Å². The molecule has 1 N–H and O–H groups in total. The smallest absolute Gasteiger partial charge is 0.399 e. The van der Waals surface area contributed by atoms with Crippen molar-refractivity contribution in [3.8, 4) is 0 Å². The summed E-state index contributed by atoms with van der Waals surface area (Å²) in [5, 5.41) is 2.89. The van der Waals surface area contributed by atoms with E-state index in [1.807, 2.05) is 40.7 Å². The lowest BCUT2D eigenvalue weighted by Crippen LogP contribution is -2.41. The maximum Gasteiger partial charge on any atom is 0.496 e. The molecule has 1 aromatic heterocycles. The van der Waals surface area contributed by atoms with Crippen molar-refractivity contribution in [2.75, 3.05) is 5.32 Å². The number of rotatable bonds is 3. The highest BCUT2D eigenvalue weighted by Gasteiger charge is 2.51. The molecule has 1 amide bonds. The van der Waals surface area contributed by atoms with Crippen LogP contribution in [-0.4, -0.2) is 29.2 Å². The first-order valence-electron chi connectivity index (χ1n) is 7.83. The van der Waals surface area contributed by atoms with Gasteiger partial charge in [0.25, 0.3) is 0 Å². The Morgan fingerprint density at radius 3 is 2.36 bits per heavy atom. The van der Waals surface area contributed by atoms with Crippen LogP contribution in [0.2, 0.25) is 0 Å². The molecular weight excluding hydrogens is 279 g/mol. The summed E-state index contributed by atoms with van der Waals surface area (Å²) in [6, 6.07) is 1.97. The number of amides is 1. The van der Waals surface area contributed by atoms with Gasteiger partial charge in [0, 0.05) is 17.6 Å². The van der Waals surface area contributed by atoms with Crippen LogP contribution in [0.25, 0.3) is 0 Å². The molecule has 1 aromatic rings. The molecule has 118 valence electrons. The summed E-state index contributed by atoms with van der Waals surface area (Å²) in [6.45, 7) is 10.0. The number of pyridine rings is 1. The quantitative estimate of drug-likeness (QED) is 0.868. The molecule has 0 aromatic carbocycles. The fourth-order valence-corrected chi connectivity index (χ4v) is 2.40. The zero-order valence-corrected chi connectivity index (χ0v) is 13.9. The number of nitrogens with one attached hydrogen (secondary N) is 1. The topological polar surface area (TPSA) is 60.5 Å². The summed E-state index contributed by atoms with van der Waals surface area (Å²) in [4.78, 5) is 16.2. The minimum Gasteiger partial charge on any atom is -0.399 e. The van der Waals surface area contributed by atoms with Gasteiger partial charge in [-0.1, -0.05) is 6.07 Å². The molecule has 2 heterocycles. The van der Waals surface area contributed by atoms with Gasteiger partial charge in [0.1, 0.15) is 5.82 Å². The lowest BCUT2D eigenvalue weighted by Gasteiger charge is -2.32. The fourth-order valence-electron chi connectivity index (χ4n) is 2.40. The number of nitrogens with zero attached hydrogens (tertiary/aromatic N) is 1. The molecular formula is C16H23BN2O3. The van der Waals surface area contributed by atoms with Gasteiger partial charge in [0.05, 0.1) is 11.2 Å². The molecule has 0 radical (unpaired) electrons. The van der Waals surface area contributed by atoms with Crippen molar-refractivity contribution in [3.05, 3.63) is 17.8 Å². The van der Waals surface area contributed by atoms with Crippen molar-refractivity contribution >= 4 is 24.3 Å². The Labute approximate surface area is 131 Å². The molecule has 1 aliphatic carbocycles. The number of hydrogen-bond acceptors (Lipinski definition) is 4. The van der Waals surface area contributed by atoms with Gasteiger partial charge in [-0.25, -0.2) is 4.98 Å². The first-order valence-corrected chi connectivity index (χ1v) is 7.83. The van der Waals surface area contributed by atoms with E-state index >= 15 is 0 Å². The van der Waals surface area contributed by atoms with E-state index < -0.39 is 7.12 Å². The van der Waals surface area contributed by atoms with Crippen LogP contribution in [-0.2, 0) is 14.1 Å². The van der Waals surface area contributed by atoms with Crippen LogP contribution >= 0.6 is 0 Å². The molecule has 1 aliphatic heterocycles. The number of anilines is 1. The largest absolute Gasteiger partial charge is 0.496 e. The van der Waals surface area contributed by atoms with Crippen LogP contribution in [0.15, 0.2) is 12.3 Å². The maximum atomic E-state index is 11.8. The third kappa shape index (κ3) is 2.77. The highest BCUT2D eigenvalue weighted by molar-refractivity contribution is 6.62. The normalized spacial score (nSPS) is 22.7. The molecule has 3 rings (SSSR count). The average molecular weight is 302 g/mol. The molecule has 5 nitrogen and oxygen atoms in total. The summed E-state index contributed by atoms with van der Waals surface area (Å²) in [6.07, 6.45) is 3.69. The molecule has 1 saturated heterocycles. The molecule has 22 heavy (non-hydrogen) atoms. The summed E-state index contributed by atoms with van der Waals surface area (Å²) < 4.78 is 12.0. The Hall–Kier alpha value is -1.40. The van der Waals surface area contributed by atoms with Crippen molar-refractivity contribution in [2.45, 2.75) is 58.7 Å². The number of aromatic nitrogens is 1. The zero-order valence-electron chi connectivity index (χ0n) is 13.9. The van der Waals surface area contributed by atoms with E-state index in [2.05, 4.69) is 10.3 Å². The number of carbonyl (C=O) groups excluding carboxylic acids is 1. The van der Waals surface area contributed by atoms with E-state index in [0.717, 1.165) is 23.9 Å². The summed E-state index contributed by atoms with van der Waals surface area (Å²) >= 11 is 0. The second kappa shape index (κ2) is 5.06. The average Bonchev–Trinajstić information content (AvgIpc) is 3.20. The Kier molecular flexibility index (Phi) is 3.57. The van der Waals surface area contributed by atoms with Crippen LogP contribution < -0.4 is 10.8 Å². The van der Waals surface area contributed by atoms with Crippen LogP contribution in [0, 0.1) is 12.8 Å². The summed E-state index contributed by atoms with van der Waals surface area (Å²) in [7, 11) is -0.426. The SMILES string of the molecule is Cc1cc(B2OC(C)(C)C(C)(C)O2)cnc1NC(=O)C1CC1. The number of carbonyl (C=O) groups is 1. The van der Waals surface area contributed by atoms with Crippen LogP contribution in [0.5, 0.6) is 0 Å². The van der Waals surface area contributed by atoms with Gasteiger partial charge in [0.2, 0.25) is 5.91 Å². The van der Waals surface area contributed by atoms with Crippen molar-refractivity contribution in [3.63, 3.8) is 0 Å². The Morgan fingerprint density at radius 2 is 1.86 bits per heavy atom. The predicted octanol–water partition coefficient (Wildman–Crippen LogP) is 2.04. The molecule has 6 heteroatoms. The van der Waals surface area contributed by atoms with Gasteiger partial charge in [0.15, 0.2) is 0 Å². The molecule has 1 saturated carbocycles. The van der Waals surface area contributed by atoms with Crippen LogP contribution in [0.3, 0.4) is 0 Å². The molecule has 2 aliphatic rings. The number of aryl methyl sites for hydroxylation is 1. The maximum absolute atomic E-state index is 11.8. The fraction of sp³-hybridized carbons (Fsp3) is 0.625. The minimum absolute atomic E-state index is 0.0685. The van der Waals surface area contributed by atoms with Crippen molar-refractivity contribution < 1.29 is 14.1 Å². The highest BCUT2D eigenvalue weighted by atomic mass is 16.7. The molecule has 0 atom stereocenters. The zero-order chi connectivity index (χ0) is 16.1. The molecule has 2 fully saturated rings. The van der Waals surface area contributed by atoms with E-state index in [1.165, 1.54) is 0 Å². The third-order valence-electron chi connectivity index (χ3n) is 4.81.